The van der Waals surface area contributed by atoms with Gasteiger partial charge in [0.15, 0.2) is 0 Å². The predicted molar refractivity (Wildman–Crippen MR) is 76.0 cm³/mol. The molecule has 5 nitrogen and oxygen atoms in total. The number of carbonyl (C=O) groups excluding carboxylic acids is 1. The molecule has 3 N–H and O–H groups in total. The van der Waals surface area contributed by atoms with Crippen molar-refractivity contribution in [2.45, 2.75) is 52.4 Å². The SMILES string of the molecule is CC(C)CC1(C(=O)N(C)CCC(N)=NO)CCCC1. The average molecular weight is 269 g/mol. The van der Waals surface area contributed by atoms with E-state index in [0.29, 0.717) is 18.9 Å². The van der Waals surface area contributed by atoms with Gasteiger partial charge in [0, 0.05) is 25.4 Å². The summed E-state index contributed by atoms with van der Waals surface area (Å²) in [7, 11) is 1.81. The van der Waals surface area contributed by atoms with E-state index in [-0.39, 0.29) is 17.2 Å². The second kappa shape index (κ2) is 6.78. The van der Waals surface area contributed by atoms with Crippen molar-refractivity contribution in [3.8, 4) is 0 Å². The lowest BCUT2D eigenvalue weighted by molar-refractivity contribution is -0.141. The van der Waals surface area contributed by atoms with Gasteiger partial charge in [-0.05, 0) is 25.2 Å². The van der Waals surface area contributed by atoms with Gasteiger partial charge in [0.05, 0.1) is 0 Å². The molecule has 110 valence electrons. The number of amidine groups is 1. The summed E-state index contributed by atoms with van der Waals surface area (Å²) < 4.78 is 0. The van der Waals surface area contributed by atoms with E-state index in [1.807, 2.05) is 7.05 Å². The first-order chi connectivity index (χ1) is 8.91. The summed E-state index contributed by atoms with van der Waals surface area (Å²) in [6.45, 7) is 4.85. The molecule has 1 aliphatic rings. The lowest BCUT2D eigenvalue weighted by Crippen LogP contribution is -2.42. The van der Waals surface area contributed by atoms with E-state index >= 15 is 0 Å². The zero-order chi connectivity index (χ0) is 14.5. The second-order valence-electron chi connectivity index (χ2n) is 6.15. The van der Waals surface area contributed by atoms with Gasteiger partial charge < -0.3 is 15.8 Å². The summed E-state index contributed by atoms with van der Waals surface area (Å²) >= 11 is 0. The number of hydrogen-bond donors (Lipinski definition) is 2. The topological polar surface area (TPSA) is 78.9 Å². The van der Waals surface area contributed by atoms with Crippen molar-refractivity contribution in [2.24, 2.45) is 22.2 Å². The molecule has 0 aliphatic heterocycles. The summed E-state index contributed by atoms with van der Waals surface area (Å²) in [6, 6.07) is 0. The van der Waals surface area contributed by atoms with Gasteiger partial charge >= 0.3 is 0 Å². The minimum Gasteiger partial charge on any atom is -0.409 e. The molecule has 1 rings (SSSR count). The molecular formula is C14H27N3O2. The number of hydrogen-bond acceptors (Lipinski definition) is 3. The van der Waals surface area contributed by atoms with E-state index in [9.17, 15) is 4.79 Å². The standard InChI is InChI=1S/C14H27N3O2/c1-11(2)10-14(7-4-5-8-14)13(18)17(3)9-6-12(15)16-19/h11,19H,4-10H2,1-3H3,(H2,15,16). The third-order valence-electron chi connectivity index (χ3n) is 3.99. The third-order valence-corrected chi connectivity index (χ3v) is 3.99. The molecule has 0 radical (unpaired) electrons. The zero-order valence-corrected chi connectivity index (χ0v) is 12.4. The van der Waals surface area contributed by atoms with Gasteiger partial charge in [-0.1, -0.05) is 31.8 Å². The van der Waals surface area contributed by atoms with E-state index in [0.717, 1.165) is 32.1 Å². The fourth-order valence-electron chi connectivity index (χ4n) is 3.18. The zero-order valence-electron chi connectivity index (χ0n) is 12.4. The molecule has 1 aliphatic carbocycles. The highest BCUT2D eigenvalue weighted by atomic mass is 16.4. The van der Waals surface area contributed by atoms with Crippen molar-refractivity contribution < 1.29 is 10.0 Å². The molecule has 0 aromatic heterocycles. The summed E-state index contributed by atoms with van der Waals surface area (Å²) in [4.78, 5) is 14.4. The van der Waals surface area contributed by atoms with E-state index < -0.39 is 0 Å². The van der Waals surface area contributed by atoms with Gasteiger partial charge in [-0.15, -0.1) is 0 Å². The van der Waals surface area contributed by atoms with Crippen molar-refractivity contribution in [3.63, 3.8) is 0 Å². The first kappa shape index (κ1) is 15.8. The smallest absolute Gasteiger partial charge is 0.228 e. The molecule has 0 aromatic carbocycles. The van der Waals surface area contributed by atoms with Crippen LogP contribution in [0.3, 0.4) is 0 Å². The van der Waals surface area contributed by atoms with Crippen molar-refractivity contribution >= 4 is 11.7 Å². The van der Waals surface area contributed by atoms with Crippen LogP contribution in [0.1, 0.15) is 52.4 Å². The summed E-state index contributed by atoms with van der Waals surface area (Å²) in [6.07, 6.45) is 5.66. The van der Waals surface area contributed by atoms with Crippen LogP contribution in [0.25, 0.3) is 0 Å². The first-order valence-corrected chi connectivity index (χ1v) is 7.13. The van der Waals surface area contributed by atoms with Crippen LogP contribution < -0.4 is 5.73 Å². The Morgan fingerprint density at radius 3 is 2.47 bits per heavy atom. The molecule has 1 fully saturated rings. The number of oxime groups is 1. The second-order valence-corrected chi connectivity index (χ2v) is 6.15. The average Bonchev–Trinajstić information content (AvgIpc) is 2.83. The molecule has 0 atom stereocenters. The van der Waals surface area contributed by atoms with Gasteiger partial charge in [-0.3, -0.25) is 4.79 Å². The maximum Gasteiger partial charge on any atom is 0.228 e. The highest BCUT2D eigenvalue weighted by Gasteiger charge is 2.42. The van der Waals surface area contributed by atoms with Crippen LogP contribution in [0, 0.1) is 11.3 Å². The fourth-order valence-corrected chi connectivity index (χ4v) is 3.18. The summed E-state index contributed by atoms with van der Waals surface area (Å²) in [5.41, 5.74) is 5.28. The minimum absolute atomic E-state index is 0.170. The Hall–Kier alpha value is -1.26. The van der Waals surface area contributed by atoms with Crippen LogP contribution in [0.4, 0.5) is 0 Å². The van der Waals surface area contributed by atoms with Crippen molar-refractivity contribution in [3.05, 3.63) is 0 Å². The van der Waals surface area contributed by atoms with Crippen LogP contribution >= 0.6 is 0 Å². The maximum absolute atomic E-state index is 12.7. The quantitative estimate of drug-likeness (QED) is 0.336. The van der Waals surface area contributed by atoms with Crippen LogP contribution in [-0.2, 0) is 4.79 Å². The molecule has 0 spiro atoms. The fraction of sp³-hybridized carbons (Fsp3) is 0.857. The van der Waals surface area contributed by atoms with Crippen LogP contribution in [-0.4, -0.2) is 35.4 Å². The van der Waals surface area contributed by atoms with E-state index in [1.54, 1.807) is 4.90 Å². The van der Waals surface area contributed by atoms with Gasteiger partial charge in [0.25, 0.3) is 0 Å². The Kier molecular flexibility index (Phi) is 5.63. The van der Waals surface area contributed by atoms with Gasteiger partial charge in [-0.2, -0.15) is 0 Å². The Labute approximate surface area is 115 Å². The molecular weight excluding hydrogens is 242 g/mol. The Bertz CT molecular complexity index is 334. The van der Waals surface area contributed by atoms with Crippen molar-refractivity contribution in [1.82, 2.24) is 4.90 Å². The monoisotopic (exact) mass is 269 g/mol. The number of carbonyl (C=O) groups is 1. The van der Waals surface area contributed by atoms with E-state index in [1.165, 1.54) is 0 Å². The molecule has 5 heteroatoms. The Balaban J connectivity index is 2.66. The lowest BCUT2D eigenvalue weighted by Gasteiger charge is -2.33. The molecule has 0 saturated heterocycles. The molecule has 0 unspecified atom stereocenters. The van der Waals surface area contributed by atoms with Crippen LogP contribution in [0.15, 0.2) is 5.16 Å². The lowest BCUT2D eigenvalue weighted by atomic mass is 9.77. The first-order valence-electron chi connectivity index (χ1n) is 7.13. The molecule has 0 aromatic rings. The number of nitrogens with zero attached hydrogens (tertiary/aromatic N) is 2. The van der Waals surface area contributed by atoms with Gasteiger partial charge in [-0.25, -0.2) is 0 Å². The number of rotatable bonds is 6. The molecule has 19 heavy (non-hydrogen) atoms. The minimum atomic E-state index is -0.173. The van der Waals surface area contributed by atoms with Crippen molar-refractivity contribution in [2.75, 3.05) is 13.6 Å². The molecule has 0 bridgehead atoms. The van der Waals surface area contributed by atoms with E-state index in [2.05, 4.69) is 19.0 Å². The number of nitrogens with two attached hydrogens (primary N) is 1. The maximum atomic E-state index is 12.7. The number of amides is 1. The Morgan fingerprint density at radius 1 is 1.42 bits per heavy atom. The third kappa shape index (κ3) is 4.11. The molecule has 0 heterocycles. The summed E-state index contributed by atoms with van der Waals surface area (Å²) in [5.74, 6) is 0.924. The van der Waals surface area contributed by atoms with Crippen LogP contribution in [0.2, 0.25) is 0 Å². The van der Waals surface area contributed by atoms with E-state index in [4.69, 9.17) is 10.9 Å². The predicted octanol–water partition coefficient (Wildman–Crippen LogP) is 2.19. The summed E-state index contributed by atoms with van der Waals surface area (Å²) in [5, 5.41) is 11.5. The highest BCUT2D eigenvalue weighted by Crippen LogP contribution is 2.44. The highest BCUT2D eigenvalue weighted by molar-refractivity contribution is 5.84. The largest absolute Gasteiger partial charge is 0.409 e. The van der Waals surface area contributed by atoms with Gasteiger partial charge in [0.1, 0.15) is 5.84 Å². The molecule has 1 amide bonds. The van der Waals surface area contributed by atoms with Gasteiger partial charge in [0.2, 0.25) is 5.91 Å². The van der Waals surface area contributed by atoms with Crippen molar-refractivity contribution in [1.29, 1.82) is 0 Å². The molecule has 1 saturated carbocycles. The normalized spacial score (nSPS) is 18.8. The van der Waals surface area contributed by atoms with Crippen LogP contribution in [0.5, 0.6) is 0 Å². The Morgan fingerprint density at radius 2 is 2.00 bits per heavy atom.